The van der Waals surface area contributed by atoms with E-state index < -0.39 is 0 Å². The molecule has 0 aliphatic rings. The van der Waals surface area contributed by atoms with Crippen LogP contribution in [-0.4, -0.2) is 21.1 Å². The Labute approximate surface area is 164 Å². The van der Waals surface area contributed by atoms with E-state index in [1.54, 1.807) is 4.57 Å². The van der Waals surface area contributed by atoms with Gasteiger partial charge in [0.1, 0.15) is 10.6 Å². The van der Waals surface area contributed by atoms with Crippen molar-refractivity contribution in [2.75, 3.05) is 5.75 Å². The van der Waals surface area contributed by atoms with E-state index in [9.17, 15) is 9.59 Å². The Bertz CT molecular complexity index is 1170. The van der Waals surface area contributed by atoms with Crippen LogP contribution in [0.15, 0.2) is 76.0 Å². The van der Waals surface area contributed by atoms with E-state index in [0.29, 0.717) is 15.4 Å². The first-order chi connectivity index (χ1) is 13.1. The molecule has 4 nitrogen and oxygen atoms in total. The standard InChI is InChI=1S/C21H16N2O2S2/c1-14(24)12-27-21-22-19-18(17(13-26-19)15-8-4-2-5-9-15)20(25)23(21)16-10-6-3-7-11-16/h2-11,13H,12H2,1H3. The van der Waals surface area contributed by atoms with Crippen LogP contribution in [0.25, 0.3) is 27.0 Å². The topological polar surface area (TPSA) is 52.0 Å². The summed E-state index contributed by atoms with van der Waals surface area (Å²) < 4.78 is 1.61. The van der Waals surface area contributed by atoms with Crippen LogP contribution in [0.1, 0.15) is 6.92 Å². The second kappa shape index (κ2) is 7.50. The van der Waals surface area contributed by atoms with Gasteiger partial charge in [0.15, 0.2) is 5.16 Å². The van der Waals surface area contributed by atoms with E-state index in [-0.39, 0.29) is 17.1 Å². The van der Waals surface area contributed by atoms with Crippen LogP contribution < -0.4 is 5.56 Å². The molecular formula is C21H16N2O2S2. The maximum Gasteiger partial charge on any atom is 0.268 e. The quantitative estimate of drug-likeness (QED) is 0.362. The molecule has 2 aromatic heterocycles. The lowest BCUT2D eigenvalue weighted by atomic mass is 10.1. The van der Waals surface area contributed by atoms with E-state index in [0.717, 1.165) is 16.8 Å². The van der Waals surface area contributed by atoms with Crippen molar-refractivity contribution in [2.45, 2.75) is 12.1 Å². The van der Waals surface area contributed by atoms with Crippen molar-refractivity contribution in [3.63, 3.8) is 0 Å². The average molecular weight is 393 g/mol. The van der Waals surface area contributed by atoms with Crippen molar-refractivity contribution in [3.05, 3.63) is 76.4 Å². The lowest BCUT2D eigenvalue weighted by molar-refractivity contribution is -0.114. The van der Waals surface area contributed by atoms with Crippen LogP contribution in [0.3, 0.4) is 0 Å². The zero-order chi connectivity index (χ0) is 18.8. The van der Waals surface area contributed by atoms with Gasteiger partial charge in [0.2, 0.25) is 0 Å². The van der Waals surface area contributed by atoms with E-state index in [1.165, 1.54) is 30.0 Å². The van der Waals surface area contributed by atoms with Gasteiger partial charge in [-0.25, -0.2) is 4.98 Å². The first-order valence-corrected chi connectivity index (χ1v) is 10.3. The maximum absolute atomic E-state index is 13.5. The molecule has 0 bridgehead atoms. The van der Waals surface area contributed by atoms with Gasteiger partial charge in [-0.05, 0) is 24.6 Å². The van der Waals surface area contributed by atoms with Gasteiger partial charge in [-0.3, -0.25) is 14.2 Å². The van der Waals surface area contributed by atoms with E-state index in [2.05, 4.69) is 0 Å². The van der Waals surface area contributed by atoms with Crippen LogP contribution in [0.4, 0.5) is 0 Å². The van der Waals surface area contributed by atoms with Crippen molar-refractivity contribution in [3.8, 4) is 16.8 Å². The number of rotatable bonds is 5. The third kappa shape index (κ3) is 3.46. The molecular weight excluding hydrogens is 376 g/mol. The highest BCUT2D eigenvalue weighted by Gasteiger charge is 2.18. The van der Waals surface area contributed by atoms with Gasteiger partial charge in [0.25, 0.3) is 5.56 Å². The molecule has 0 aliphatic carbocycles. The Balaban J connectivity index is 1.99. The summed E-state index contributed by atoms with van der Waals surface area (Å²) in [7, 11) is 0. The molecule has 0 fully saturated rings. The summed E-state index contributed by atoms with van der Waals surface area (Å²) in [5.74, 6) is 0.326. The molecule has 0 amide bonds. The Morgan fingerprint density at radius 2 is 1.74 bits per heavy atom. The number of para-hydroxylation sites is 1. The normalized spacial score (nSPS) is 11.0. The molecule has 4 aromatic rings. The van der Waals surface area contributed by atoms with Crippen LogP contribution in [0.2, 0.25) is 0 Å². The van der Waals surface area contributed by atoms with E-state index >= 15 is 0 Å². The number of fused-ring (bicyclic) bond motifs is 1. The number of hydrogen-bond acceptors (Lipinski definition) is 5. The molecule has 4 rings (SSSR count). The predicted octanol–water partition coefficient (Wildman–Crippen LogP) is 4.80. The number of aromatic nitrogens is 2. The number of hydrogen-bond donors (Lipinski definition) is 0. The average Bonchev–Trinajstić information content (AvgIpc) is 3.12. The zero-order valence-electron chi connectivity index (χ0n) is 14.6. The fourth-order valence-electron chi connectivity index (χ4n) is 2.87. The summed E-state index contributed by atoms with van der Waals surface area (Å²) in [5, 5.41) is 3.13. The maximum atomic E-state index is 13.5. The molecule has 0 atom stereocenters. The minimum atomic E-state index is -0.114. The van der Waals surface area contributed by atoms with Gasteiger partial charge in [0.05, 0.1) is 16.8 Å². The summed E-state index contributed by atoms with van der Waals surface area (Å²) in [6.45, 7) is 1.54. The Kier molecular flexibility index (Phi) is 4.92. The minimum Gasteiger partial charge on any atom is -0.299 e. The molecule has 2 heterocycles. The molecule has 0 saturated heterocycles. The lowest BCUT2D eigenvalue weighted by Gasteiger charge is -2.12. The summed E-state index contributed by atoms with van der Waals surface area (Å²) >= 11 is 2.75. The number of thioether (sulfide) groups is 1. The Hall–Kier alpha value is -2.70. The summed E-state index contributed by atoms with van der Waals surface area (Å²) in [6, 6.07) is 19.3. The highest BCUT2D eigenvalue weighted by molar-refractivity contribution is 7.99. The van der Waals surface area contributed by atoms with Crippen molar-refractivity contribution in [1.29, 1.82) is 0 Å². The SMILES string of the molecule is CC(=O)CSc1nc2scc(-c3ccccc3)c2c(=O)n1-c1ccccc1. The molecule has 0 spiro atoms. The smallest absolute Gasteiger partial charge is 0.268 e. The van der Waals surface area contributed by atoms with Crippen LogP contribution in [0.5, 0.6) is 0 Å². The fourth-order valence-corrected chi connectivity index (χ4v) is 4.67. The molecule has 6 heteroatoms. The largest absolute Gasteiger partial charge is 0.299 e. The van der Waals surface area contributed by atoms with Gasteiger partial charge >= 0.3 is 0 Å². The summed E-state index contributed by atoms with van der Waals surface area (Å²) in [5.41, 5.74) is 2.51. The molecule has 0 unspecified atom stereocenters. The summed E-state index contributed by atoms with van der Waals surface area (Å²) in [4.78, 5) is 30.4. The molecule has 0 radical (unpaired) electrons. The molecule has 0 aliphatic heterocycles. The highest BCUT2D eigenvalue weighted by atomic mass is 32.2. The highest BCUT2D eigenvalue weighted by Crippen LogP contribution is 2.32. The zero-order valence-corrected chi connectivity index (χ0v) is 16.2. The number of carbonyl (C=O) groups excluding carboxylic acids is 1. The second-order valence-electron chi connectivity index (χ2n) is 6.06. The van der Waals surface area contributed by atoms with Crippen molar-refractivity contribution < 1.29 is 4.79 Å². The van der Waals surface area contributed by atoms with Crippen molar-refractivity contribution in [1.82, 2.24) is 9.55 Å². The minimum absolute atomic E-state index is 0.0464. The van der Waals surface area contributed by atoms with Gasteiger partial charge < -0.3 is 0 Å². The first kappa shape index (κ1) is 17.7. The molecule has 0 N–H and O–H groups in total. The number of carbonyl (C=O) groups is 1. The molecule has 0 saturated carbocycles. The second-order valence-corrected chi connectivity index (χ2v) is 7.86. The van der Waals surface area contributed by atoms with E-state index in [4.69, 9.17) is 4.98 Å². The number of Topliss-reactive ketones (excluding diaryl/α,β-unsaturated/α-hetero) is 1. The Morgan fingerprint density at radius 1 is 1.07 bits per heavy atom. The third-order valence-corrected chi connectivity index (χ3v) is 6.04. The third-order valence-electron chi connectivity index (χ3n) is 4.08. The molecule has 27 heavy (non-hydrogen) atoms. The van der Waals surface area contributed by atoms with Crippen LogP contribution >= 0.6 is 23.1 Å². The van der Waals surface area contributed by atoms with Crippen LogP contribution in [-0.2, 0) is 4.79 Å². The van der Waals surface area contributed by atoms with E-state index in [1.807, 2.05) is 66.0 Å². The van der Waals surface area contributed by atoms with Gasteiger partial charge in [-0.1, -0.05) is 60.3 Å². The van der Waals surface area contributed by atoms with Gasteiger partial charge in [-0.2, -0.15) is 0 Å². The van der Waals surface area contributed by atoms with Crippen molar-refractivity contribution in [2.24, 2.45) is 0 Å². The number of thiophene rings is 1. The van der Waals surface area contributed by atoms with Crippen molar-refractivity contribution >= 4 is 39.1 Å². The predicted molar refractivity (Wildman–Crippen MR) is 112 cm³/mol. The molecule has 2 aromatic carbocycles. The fraction of sp³-hybridized carbons (Fsp3) is 0.0952. The van der Waals surface area contributed by atoms with Gasteiger partial charge in [-0.15, -0.1) is 11.3 Å². The number of benzene rings is 2. The lowest BCUT2D eigenvalue weighted by Crippen LogP contribution is -2.21. The van der Waals surface area contributed by atoms with Gasteiger partial charge in [0, 0.05) is 10.9 Å². The number of ketones is 1. The number of nitrogens with zero attached hydrogens (tertiary/aromatic N) is 2. The van der Waals surface area contributed by atoms with Crippen LogP contribution in [0, 0.1) is 0 Å². The first-order valence-electron chi connectivity index (χ1n) is 8.42. The summed E-state index contributed by atoms with van der Waals surface area (Å²) in [6.07, 6.45) is 0. The molecule has 134 valence electrons. The Morgan fingerprint density at radius 3 is 2.41 bits per heavy atom. The monoisotopic (exact) mass is 392 g/mol.